The van der Waals surface area contributed by atoms with Crippen molar-refractivity contribution in [2.24, 2.45) is 5.10 Å². The van der Waals surface area contributed by atoms with Crippen LogP contribution in [0.1, 0.15) is 16.7 Å². The van der Waals surface area contributed by atoms with E-state index < -0.39 is 0 Å². The van der Waals surface area contributed by atoms with Crippen LogP contribution in [0.15, 0.2) is 188 Å². The number of hydrazone groups is 1. The molecule has 0 radical (unpaired) electrons. The van der Waals surface area contributed by atoms with Gasteiger partial charge in [-0.05, 0) is 80.9 Å². The van der Waals surface area contributed by atoms with E-state index in [0.717, 1.165) is 82.9 Å². The van der Waals surface area contributed by atoms with E-state index in [1.807, 2.05) is 36.8 Å². The van der Waals surface area contributed by atoms with Crippen LogP contribution in [0, 0.1) is 12.3 Å². The highest BCUT2D eigenvalue weighted by Crippen LogP contribution is 2.42. The molecule has 1 aliphatic rings. The fraction of sp³-hybridized carbons (Fsp3) is 0.0204. The molecule has 5 heteroatoms. The van der Waals surface area contributed by atoms with Crippen LogP contribution in [0.2, 0.25) is 0 Å². The maximum Gasteiger partial charge on any atom is 0.117 e. The molecule has 5 nitrogen and oxygen atoms in total. The van der Waals surface area contributed by atoms with Crippen LogP contribution in [0.3, 0.4) is 0 Å². The molecule has 1 aliphatic carbocycles. The van der Waals surface area contributed by atoms with Gasteiger partial charge in [-0.25, -0.2) is 0 Å². The lowest BCUT2D eigenvalue weighted by atomic mass is 9.85. The smallest absolute Gasteiger partial charge is 0.117 e. The van der Waals surface area contributed by atoms with Crippen LogP contribution in [0.5, 0.6) is 0 Å². The van der Waals surface area contributed by atoms with Crippen LogP contribution in [0.25, 0.3) is 66.1 Å². The Balaban J connectivity index is 1.21. The monoisotopic (exact) mass is 693 g/mol. The zero-order chi connectivity index (χ0) is 36.4. The van der Waals surface area contributed by atoms with E-state index in [0.29, 0.717) is 11.4 Å². The molecule has 0 bridgehead atoms. The van der Waals surface area contributed by atoms with Crippen molar-refractivity contribution < 1.29 is 0 Å². The van der Waals surface area contributed by atoms with Gasteiger partial charge in [0.2, 0.25) is 0 Å². The first-order chi connectivity index (χ1) is 26.6. The van der Waals surface area contributed by atoms with Crippen molar-refractivity contribution in [3.05, 3.63) is 199 Å². The predicted molar refractivity (Wildman–Crippen MR) is 226 cm³/mol. The average molecular weight is 694 g/mol. The molecule has 2 aromatic heterocycles. The van der Waals surface area contributed by atoms with Gasteiger partial charge >= 0.3 is 0 Å². The van der Waals surface area contributed by atoms with Crippen molar-refractivity contribution >= 4 is 49.8 Å². The largest absolute Gasteiger partial charge is 0.298 e. The van der Waals surface area contributed by atoms with E-state index in [-0.39, 0.29) is 0 Å². The Hall–Kier alpha value is -7.24. The van der Waals surface area contributed by atoms with Gasteiger partial charge < -0.3 is 0 Å². The number of allylic oxidation sites excluding steroid dienone is 4. The second-order valence-electron chi connectivity index (χ2n) is 13.5. The Bertz CT molecular complexity index is 2760. The first-order valence-electron chi connectivity index (χ1n) is 18.0. The Kier molecular flexibility index (Phi) is 8.50. The summed E-state index contributed by atoms with van der Waals surface area (Å²) in [4.78, 5) is 8.77. The molecule has 54 heavy (non-hydrogen) atoms. The number of anilines is 1. The number of aromatic nitrogens is 2. The number of rotatable bonds is 7. The van der Waals surface area contributed by atoms with Gasteiger partial charge in [-0.15, -0.1) is 0 Å². The van der Waals surface area contributed by atoms with Crippen LogP contribution >= 0.6 is 0 Å². The molecule has 0 spiro atoms. The molecular formula is C49H35N5. The van der Waals surface area contributed by atoms with E-state index in [1.54, 1.807) is 6.20 Å². The summed E-state index contributed by atoms with van der Waals surface area (Å²) in [7, 11) is 0. The molecule has 9 rings (SSSR count). The highest BCUT2D eigenvalue weighted by Gasteiger charge is 2.25. The minimum absolute atomic E-state index is 0.334. The van der Waals surface area contributed by atoms with Gasteiger partial charge in [0.15, 0.2) is 0 Å². The molecule has 0 amide bonds. The zero-order valence-corrected chi connectivity index (χ0v) is 29.7. The SMILES string of the molecule is Cc1cncc(-c2cccc(C3=CC=C(c4cccc(-c5cccnc5)c4)C(=N)/C3=N\Nc3c4ccccc4c(-c4ccccc4)c4ccccc34)c2)c1. The molecular weight excluding hydrogens is 659 g/mol. The van der Waals surface area contributed by atoms with Crippen LogP contribution in [0.4, 0.5) is 5.69 Å². The molecule has 2 heterocycles. The Labute approximate surface area is 314 Å². The van der Waals surface area contributed by atoms with Gasteiger partial charge in [0.1, 0.15) is 5.71 Å². The second kappa shape index (κ2) is 14.1. The molecule has 8 aromatic rings. The molecule has 2 N–H and O–H groups in total. The fourth-order valence-corrected chi connectivity index (χ4v) is 7.44. The van der Waals surface area contributed by atoms with E-state index in [4.69, 9.17) is 5.10 Å². The number of benzene rings is 6. The molecule has 0 unspecified atom stereocenters. The maximum atomic E-state index is 9.78. The minimum atomic E-state index is 0.334. The van der Waals surface area contributed by atoms with Gasteiger partial charge in [0.05, 0.1) is 11.4 Å². The van der Waals surface area contributed by atoms with Crippen LogP contribution in [-0.2, 0) is 0 Å². The standard InChI is InChI=1S/C49H35N5/c1-32-26-39(31-52-29-32)35-15-10-17-37(28-35)41-24-23-40(36-16-9-14-34(27-36)38-18-11-25-51-30-38)47(50)49(41)54-53-48-44-21-7-5-19-42(44)46(33-12-3-2-4-13-33)43-20-6-8-22-45(43)48/h2-31,50,53H,1H3/b50-47?,54-49-. The van der Waals surface area contributed by atoms with Crippen LogP contribution < -0.4 is 5.43 Å². The molecule has 0 saturated carbocycles. The van der Waals surface area contributed by atoms with Crippen molar-refractivity contribution in [1.29, 1.82) is 5.41 Å². The zero-order valence-electron chi connectivity index (χ0n) is 29.7. The number of fused-ring (bicyclic) bond motifs is 2. The third-order valence-corrected chi connectivity index (χ3v) is 10.0. The summed E-state index contributed by atoms with van der Waals surface area (Å²) >= 11 is 0. The summed E-state index contributed by atoms with van der Waals surface area (Å²) < 4.78 is 0. The number of hydrogen-bond donors (Lipinski definition) is 2. The lowest BCUT2D eigenvalue weighted by molar-refractivity contribution is 1.27. The fourth-order valence-electron chi connectivity index (χ4n) is 7.44. The highest BCUT2D eigenvalue weighted by atomic mass is 15.3. The van der Waals surface area contributed by atoms with Crippen LogP contribution in [-0.4, -0.2) is 21.4 Å². The van der Waals surface area contributed by atoms with E-state index in [9.17, 15) is 5.41 Å². The number of nitrogens with zero attached hydrogens (tertiary/aromatic N) is 3. The summed E-state index contributed by atoms with van der Waals surface area (Å²) in [5.74, 6) is 0. The summed E-state index contributed by atoms with van der Waals surface area (Å²) in [6.07, 6.45) is 11.5. The maximum absolute atomic E-state index is 9.78. The first-order valence-corrected chi connectivity index (χ1v) is 18.0. The molecule has 0 aliphatic heterocycles. The van der Waals surface area contributed by atoms with Crippen molar-refractivity contribution in [1.82, 2.24) is 9.97 Å². The van der Waals surface area contributed by atoms with Gasteiger partial charge in [-0.1, -0.05) is 133 Å². The van der Waals surface area contributed by atoms with E-state index in [1.165, 1.54) is 5.56 Å². The summed E-state index contributed by atoms with van der Waals surface area (Å²) in [6, 6.07) is 50.3. The number of aryl methyl sites for hydroxylation is 1. The Morgan fingerprint density at radius 2 is 1.04 bits per heavy atom. The van der Waals surface area contributed by atoms with Crippen molar-refractivity contribution in [2.45, 2.75) is 6.92 Å². The quantitative estimate of drug-likeness (QED) is 0.0991. The summed E-state index contributed by atoms with van der Waals surface area (Å²) in [5.41, 5.74) is 16.5. The van der Waals surface area contributed by atoms with Crippen molar-refractivity contribution in [2.75, 3.05) is 5.43 Å². The third kappa shape index (κ3) is 6.08. The molecule has 0 atom stereocenters. The van der Waals surface area contributed by atoms with Gasteiger partial charge in [-0.2, -0.15) is 5.10 Å². The lowest BCUT2D eigenvalue weighted by Gasteiger charge is -2.21. The second-order valence-corrected chi connectivity index (χ2v) is 13.5. The van der Waals surface area contributed by atoms with Gasteiger partial charge in [0.25, 0.3) is 0 Å². The van der Waals surface area contributed by atoms with E-state index >= 15 is 0 Å². The normalized spacial score (nSPS) is 13.6. The average Bonchev–Trinajstić information content (AvgIpc) is 3.23. The number of nitrogens with one attached hydrogen (secondary N) is 2. The summed E-state index contributed by atoms with van der Waals surface area (Å²) in [5, 5.41) is 19.3. The number of pyridine rings is 2. The van der Waals surface area contributed by atoms with Gasteiger partial charge in [-0.3, -0.25) is 20.8 Å². The third-order valence-electron chi connectivity index (χ3n) is 10.0. The van der Waals surface area contributed by atoms with Gasteiger partial charge in [0, 0.05) is 57.8 Å². The molecule has 0 saturated heterocycles. The first kappa shape index (κ1) is 32.7. The molecule has 6 aromatic carbocycles. The Morgan fingerprint density at radius 1 is 0.481 bits per heavy atom. The van der Waals surface area contributed by atoms with Crippen molar-refractivity contribution in [3.63, 3.8) is 0 Å². The summed E-state index contributed by atoms with van der Waals surface area (Å²) in [6.45, 7) is 2.05. The van der Waals surface area contributed by atoms with E-state index in [2.05, 4.69) is 162 Å². The highest BCUT2D eigenvalue weighted by molar-refractivity contribution is 6.69. The lowest BCUT2D eigenvalue weighted by Crippen LogP contribution is -2.21. The Morgan fingerprint density at radius 3 is 1.70 bits per heavy atom. The van der Waals surface area contributed by atoms with Crippen molar-refractivity contribution in [3.8, 4) is 33.4 Å². The molecule has 0 fully saturated rings. The molecule has 256 valence electrons. The topological polar surface area (TPSA) is 74.0 Å². The predicted octanol–water partition coefficient (Wildman–Crippen LogP) is 12.1. The number of hydrogen-bond acceptors (Lipinski definition) is 5. The minimum Gasteiger partial charge on any atom is -0.298 e.